The average Bonchev–Trinajstić information content (AvgIpc) is 2.90. The molecule has 0 aromatic heterocycles. The van der Waals surface area contributed by atoms with E-state index in [9.17, 15) is 41.0 Å². The summed E-state index contributed by atoms with van der Waals surface area (Å²) in [5.41, 5.74) is 1.51. The third-order valence-electron chi connectivity index (χ3n) is 7.00. The van der Waals surface area contributed by atoms with Gasteiger partial charge in [-0.2, -0.15) is 5.26 Å². The number of aliphatic hydroxyl groups excluding tert-OH is 7. The number of hydrogen-bond acceptors (Lipinski definition) is 12. The second kappa shape index (κ2) is 13.1. The van der Waals surface area contributed by atoms with Gasteiger partial charge >= 0.3 is 0 Å². The van der Waals surface area contributed by atoms with E-state index in [1.807, 2.05) is 38.1 Å². The van der Waals surface area contributed by atoms with Crippen molar-refractivity contribution in [3.05, 3.63) is 35.4 Å². The highest BCUT2D eigenvalue weighted by molar-refractivity contribution is 5.25. The van der Waals surface area contributed by atoms with Crippen molar-refractivity contribution in [3.8, 4) is 6.07 Å². The molecule has 214 valence electrons. The van der Waals surface area contributed by atoms with E-state index in [0.29, 0.717) is 0 Å². The zero-order valence-electron chi connectivity index (χ0n) is 21.7. The maximum absolute atomic E-state index is 10.4. The number of nitrogens with zero attached hydrogens (tertiary/aromatic N) is 1. The number of hydrogen-bond donors (Lipinski definition) is 7. The second-order valence-corrected chi connectivity index (χ2v) is 10.7. The largest absolute Gasteiger partial charge is 0.394 e. The molecule has 12 heteroatoms. The van der Waals surface area contributed by atoms with E-state index in [2.05, 4.69) is 13.0 Å². The molecule has 1 aromatic carbocycles. The van der Waals surface area contributed by atoms with Crippen molar-refractivity contribution in [2.45, 2.75) is 101 Å². The molecule has 0 radical (unpaired) electrons. The van der Waals surface area contributed by atoms with Crippen LogP contribution in [0, 0.1) is 16.7 Å². The zero-order chi connectivity index (χ0) is 28.2. The Bertz CT molecular complexity index is 921. The molecule has 3 rings (SSSR count). The van der Waals surface area contributed by atoms with E-state index in [0.717, 1.165) is 17.5 Å². The topological polar surface area (TPSA) is 202 Å². The minimum atomic E-state index is -1.74. The van der Waals surface area contributed by atoms with Gasteiger partial charge in [0, 0.05) is 0 Å². The normalized spacial score (nSPS) is 37.0. The van der Waals surface area contributed by atoms with E-state index in [1.165, 1.54) is 0 Å². The third kappa shape index (κ3) is 7.26. The lowest BCUT2D eigenvalue weighted by atomic mass is 9.82. The van der Waals surface area contributed by atoms with Crippen LogP contribution in [0.15, 0.2) is 24.3 Å². The van der Waals surface area contributed by atoms with Gasteiger partial charge in [0.05, 0.1) is 31.3 Å². The second-order valence-electron chi connectivity index (χ2n) is 10.7. The summed E-state index contributed by atoms with van der Waals surface area (Å²) in [5.74, 6) is 0.193. The molecular weight excluding hydrogens is 502 g/mol. The van der Waals surface area contributed by atoms with E-state index in [4.69, 9.17) is 18.9 Å². The van der Waals surface area contributed by atoms with Crippen molar-refractivity contribution in [1.29, 1.82) is 5.26 Å². The summed E-state index contributed by atoms with van der Waals surface area (Å²) in [6.07, 6.45) is -14.8. The van der Waals surface area contributed by atoms with Crippen LogP contribution >= 0.6 is 0 Å². The molecule has 2 saturated heterocycles. The third-order valence-corrected chi connectivity index (χ3v) is 7.00. The van der Waals surface area contributed by atoms with Gasteiger partial charge in [-0.05, 0) is 37.3 Å². The Labute approximate surface area is 221 Å². The first kappa shape index (κ1) is 30.8. The summed E-state index contributed by atoms with van der Waals surface area (Å²) in [6, 6.07) is 10.0. The van der Waals surface area contributed by atoms with Gasteiger partial charge in [0.1, 0.15) is 48.8 Å². The van der Waals surface area contributed by atoms with Gasteiger partial charge in [0.15, 0.2) is 12.6 Å². The molecule has 0 amide bonds. The van der Waals surface area contributed by atoms with Crippen molar-refractivity contribution in [1.82, 2.24) is 0 Å². The number of ether oxygens (including phenoxy) is 4. The van der Waals surface area contributed by atoms with E-state index < -0.39 is 73.4 Å². The lowest BCUT2D eigenvalue weighted by Gasteiger charge is -2.44. The maximum atomic E-state index is 10.4. The molecule has 0 saturated carbocycles. The van der Waals surface area contributed by atoms with Gasteiger partial charge < -0.3 is 54.7 Å². The van der Waals surface area contributed by atoms with Crippen LogP contribution in [0.3, 0.4) is 0 Å². The van der Waals surface area contributed by atoms with Crippen LogP contribution in [-0.2, 0) is 25.6 Å². The predicted molar refractivity (Wildman–Crippen MR) is 130 cm³/mol. The van der Waals surface area contributed by atoms with Crippen molar-refractivity contribution < 1.29 is 54.7 Å². The molecular formula is C26H39NO11. The van der Waals surface area contributed by atoms with Crippen molar-refractivity contribution in [2.24, 2.45) is 5.41 Å². The van der Waals surface area contributed by atoms with E-state index in [1.54, 1.807) is 0 Å². The van der Waals surface area contributed by atoms with Crippen molar-refractivity contribution in [3.63, 3.8) is 0 Å². The molecule has 38 heavy (non-hydrogen) atoms. The monoisotopic (exact) mass is 541 g/mol. The summed E-state index contributed by atoms with van der Waals surface area (Å²) in [5, 5.41) is 79.6. The van der Waals surface area contributed by atoms with Crippen LogP contribution in [0.5, 0.6) is 0 Å². The van der Waals surface area contributed by atoms with Gasteiger partial charge in [0.25, 0.3) is 0 Å². The molecule has 7 N–H and O–H groups in total. The van der Waals surface area contributed by atoms with Gasteiger partial charge in [0.2, 0.25) is 0 Å². The van der Waals surface area contributed by atoms with Gasteiger partial charge in [-0.3, -0.25) is 0 Å². The lowest BCUT2D eigenvalue weighted by Crippen LogP contribution is -2.63. The van der Waals surface area contributed by atoms with Crippen molar-refractivity contribution >= 4 is 0 Å². The fourth-order valence-corrected chi connectivity index (χ4v) is 4.64. The molecule has 2 aliphatic rings. The predicted octanol–water partition coefficient (Wildman–Crippen LogP) is -1.13. The van der Waals surface area contributed by atoms with Crippen LogP contribution in [0.4, 0.5) is 0 Å². The molecule has 0 bridgehead atoms. The lowest BCUT2D eigenvalue weighted by molar-refractivity contribution is -0.377. The SMILES string of the molecule is CC(CC(C)(C)C#N)c1ccc(COC[C@H]2O[C@H](O[C@H]3O[C@H](CO)[C@@H](O)[C@H](O)[C@H]3O)[C@H](O)[C@@H](O)[C@@H]2O)cc1. The quantitative estimate of drug-likeness (QED) is 0.188. The Kier molecular flexibility index (Phi) is 10.6. The number of benzene rings is 1. The van der Waals surface area contributed by atoms with E-state index in [-0.39, 0.29) is 19.1 Å². The molecule has 2 fully saturated rings. The Morgan fingerprint density at radius 2 is 1.39 bits per heavy atom. The summed E-state index contributed by atoms with van der Waals surface area (Å²) in [7, 11) is 0. The molecule has 0 aliphatic carbocycles. The van der Waals surface area contributed by atoms with Crippen LogP contribution in [0.25, 0.3) is 0 Å². The summed E-state index contributed by atoms with van der Waals surface area (Å²) in [6.45, 7) is 5.20. The van der Waals surface area contributed by atoms with Crippen molar-refractivity contribution in [2.75, 3.05) is 13.2 Å². The van der Waals surface area contributed by atoms with Gasteiger partial charge in [-0.15, -0.1) is 0 Å². The summed E-state index contributed by atoms with van der Waals surface area (Å²) >= 11 is 0. The minimum absolute atomic E-state index is 0.168. The Hall–Kier alpha value is -1.73. The molecule has 2 heterocycles. The summed E-state index contributed by atoms with van der Waals surface area (Å²) in [4.78, 5) is 0. The number of rotatable bonds is 10. The molecule has 2 aliphatic heterocycles. The first-order chi connectivity index (χ1) is 17.9. The van der Waals surface area contributed by atoms with Crippen LogP contribution in [0.1, 0.15) is 44.2 Å². The van der Waals surface area contributed by atoms with Gasteiger partial charge in [-0.25, -0.2) is 0 Å². The molecule has 1 unspecified atom stereocenters. The molecule has 0 spiro atoms. The molecule has 11 atom stereocenters. The summed E-state index contributed by atoms with van der Waals surface area (Å²) < 4.78 is 21.9. The fraction of sp³-hybridized carbons (Fsp3) is 0.731. The fourth-order valence-electron chi connectivity index (χ4n) is 4.64. The Morgan fingerprint density at radius 1 is 0.868 bits per heavy atom. The Balaban J connectivity index is 1.56. The number of aliphatic hydroxyl groups is 7. The Morgan fingerprint density at radius 3 is 1.92 bits per heavy atom. The molecule has 12 nitrogen and oxygen atoms in total. The van der Waals surface area contributed by atoms with Crippen LogP contribution in [0.2, 0.25) is 0 Å². The van der Waals surface area contributed by atoms with Crippen LogP contribution in [-0.4, -0.2) is 110 Å². The highest BCUT2D eigenvalue weighted by Crippen LogP contribution is 2.31. The average molecular weight is 542 g/mol. The number of nitriles is 1. The first-order valence-corrected chi connectivity index (χ1v) is 12.6. The minimum Gasteiger partial charge on any atom is -0.394 e. The highest BCUT2D eigenvalue weighted by Gasteiger charge is 2.49. The maximum Gasteiger partial charge on any atom is 0.189 e. The van der Waals surface area contributed by atoms with Gasteiger partial charge in [-0.1, -0.05) is 31.2 Å². The smallest absolute Gasteiger partial charge is 0.189 e. The van der Waals surface area contributed by atoms with Crippen LogP contribution < -0.4 is 0 Å². The zero-order valence-corrected chi connectivity index (χ0v) is 21.7. The first-order valence-electron chi connectivity index (χ1n) is 12.6. The highest BCUT2D eigenvalue weighted by atomic mass is 16.8. The van der Waals surface area contributed by atoms with E-state index >= 15 is 0 Å². The molecule has 1 aromatic rings. The standard InChI is InChI=1S/C26H39NO11/c1-13(8-26(2,3)12-27)15-6-4-14(5-7-15)10-35-11-17-19(30)21(32)23(34)25(37-17)38-24-22(33)20(31)18(29)16(9-28)36-24/h4-7,13,16-25,28-34H,8-11H2,1-3H3/t13?,16-,17-,18-,19-,20+,21+,22-,23-,24-,25-/m1/s1.